The molecule has 0 aromatic heterocycles. The Bertz CT molecular complexity index is 937. The van der Waals surface area contributed by atoms with E-state index in [0.29, 0.717) is 0 Å². The van der Waals surface area contributed by atoms with E-state index in [4.69, 9.17) is 0 Å². The van der Waals surface area contributed by atoms with Gasteiger partial charge in [-0.3, -0.25) is 0 Å². The van der Waals surface area contributed by atoms with Crippen LogP contribution < -0.4 is 10.2 Å². The molecule has 3 heteroatoms. The Hall–Kier alpha value is -0.700. The molecular formula is C48H82CaO2. The third-order valence-electron chi connectivity index (χ3n) is 10.6. The first-order valence-electron chi connectivity index (χ1n) is 22.1. The third kappa shape index (κ3) is 27.5. The fraction of sp³-hybridized carbons (Fsp3) is 0.750. The van der Waals surface area contributed by atoms with Gasteiger partial charge in [0.15, 0.2) is 0 Å². The van der Waals surface area contributed by atoms with Gasteiger partial charge in [0.1, 0.15) is 0 Å². The van der Waals surface area contributed by atoms with E-state index in [1.165, 1.54) is 191 Å². The van der Waals surface area contributed by atoms with Crippen LogP contribution in [0.3, 0.4) is 0 Å². The van der Waals surface area contributed by atoms with Crippen molar-refractivity contribution in [3.8, 4) is 11.5 Å². The fourth-order valence-corrected chi connectivity index (χ4v) is 7.32. The van der Waals surface area contributed by atoms with Gasteiger partial charge in [-0.1, -0.05) is 229 Å². The summed E-state index contributed by atoms with van der Waals surface area (Å²) in [7, 11) is 0. The van der Waals surface area contributed by atoms with Crippen molar-refractivity contribution in [2.24, 2.45) is 0 Å². The van der Waals surface area contributed by atoms with Crippen LogP contribution >= 0.6 is 0 Å². The summed E-state index contributed by atoms with van der Waals surface area (Å²) in [5.41, 5.74) is 4.88. The molecule has 0 aliphatic heterocycles. The Labute approximate surface area is 348 Å². The van der Waals surface area contributed by atoms with Crippen LogP contribution in [0, 0.1) is 0 Å². The van der Waals surface area contributed by atoms with E-state index in [9.17, 15) is 10.2 Å². The topological polar surface area (TPSA) is 46.1 Å². The largest absolute Gasteiger partial charge is 2.00 e. The molecule has 0 heterocycles. The van der Waals surface area contributed by atoms with Crippen molar-refractivity contribution in [2.45, 2.75) is 233 Å². The minimum absolute atomic E-state index is 0. The fourth-order valence-electron chi connectivity index (χ4n) is 7.32. The van der Waals surface area contributed by atoms with Crippen molar-refractivity contribution in [3.63, 3.8) is 0 Å². The van der Waals surface area contributed by atoms with Gasteiger partial charge in [-0.25, -0.2) is 0 Å². The summed E-state index contributed by atoms with van der Waals surface area (Å²) in [5.74, 6) is 0.540. The van der Waals surface area contributed by atoms with Crippen molar-refractivity contribution >= 4 is 37.7 Å². The van der Waals surface area contributed by atoms with Gasteiger partial charge in [0.25, 0.3) is 0 Å². The van der Waals surface area contributed by atoms with Crippen LogP contribution in [-0.2, 0) is 25.7 Å². The van der Waals surface area contributed by atoms with Crippen LogP contribution in [0.1, 0.15) is 230 Å². The molecule has 0 atom stereocenters. The van der Waals surface area contributed by atoms with Crippen LogP contribution in [-0.4, -0.2) is 37.7 Å². The van der Waals surface area contributed by atoms with E-state index in [1.54, 1.807) is 12.1 Å². The van der Waals surface area contributed by atoms with Crippen LogP contribution in [0.25, 0.3) is 0 Å². The van der Waals surface area contributed by atoms with Crippen molar-refractivity contribution in [3.05, 3.63) is 58.7 Å². The maximum absolute atomic E-state index is 12.3. The van der Waals surface area contributed by atoms with E-state index in [-0.39, 0.29) is 49.2 Å². The summed E-state index contributed by atoms with van der Waals surface area (Å²) >= 11 is 0. The maximum Gasteiger partial charge on any atom is 2.00 e. The molecule has 288 valence electrons. The van der Waals surface area contributed by atoms with Crippen LogP contribution in [0.5, 0.6) is 11.5 Å². The van der Waals surface area contributed by atoms with E-state index in [0.717, 1.165) is 36.8 Å². The van der Waals surface area contributed by atoms with Gasteiger partial charge in [0.2, 0.25) is 0 Å². The molecule has 0 aliphatic carbocycles. The smallest absolute Gasteiger partial charge is 0.872 e. The normalized spacial score (nSPS) is 10.9. The van der Waals surface area contributed by atoms with E-state index in [1.807, 2.05) is 12.1 Å². The third-order valence-corrected chi connectivity index (χ3v) is 10.6. The second-order valence-electron chi connectivity index (χ2n) is 15.3. The van der Waals surface area contributed by atoms with Gasteiger partial charge >= 0.3 is 37.7 Å². The second-order valence-corrected chi connectivity index (χ2v) is 15.3. The minimum Gasteiger partial charge on any atom is -0.872 e. The average Bonchev–Trinajstić information content (AvgIpc) is 3.12. The average molecular weight is 731 g/mol. The molecule has 0 fully saturated rings. The van der Waals surface area contributed by atoms with E-state index in [2.05, 4.69) is 39.8 Å². The van der Waals surface area contributed by atoms with Gasteiger partial charge < -0.3 is 10.2 Å². The van der Waals surface area contributed by atoms with Gasteiger partial charge in [0.05, 0.1) is 0 Å². The number of aryl methyl sites for hydroxylation is 2. The molecule has 0 radical (unpaired) electrons. The molecule has 0 unspecified atom stereocenters. The number of unbranched alkanes of at least 4 members (excludes halogenated alkanes) is 24. The standard InChI is InChI=1S/2C24H42O.Ca/c2*1-3-5-7-9-11-13-15-18-22-19-17-21-24(25)23(22)20-16-14-12-10-8-6-4-2;/h2*17,19,21,25H,3-16,18,20H2,1-2H3;/q;;+2/p-2. The first-order valence-corrected chi connectivity index (χ1v) is 22.1. The summed E-state index contributed by atoms with van der Waals surface area (Å²) in [6.07, 6.45) is 41.2. The van der Waals surface area contributed by atoms with Gasteiger partial charge in [-0.2, -0.15) is 0 Å². The Kier molecular flexibility index (Phi) is 37.1. The van der Waals surface area contributed by atoms with Crippen LogP contribution in [0.2, 0.25) is 0 Å². The molecule has 0 spiro atoms. The van der Waals surface area contributed by atoms with Crippen molar-refractivity contribution in [1.29, 1.82) is 0 Å². The minimum atomic E-state index is 0. The molecule has 0 bridgehead atoms. The van der Waals surface area contributed by atoms with E-state index < -0.39 is 0 Å². The molecule has 0 saturated heterocycles. The van der Waals surface area contributed by atoms with E-state index >= 15 is 0 Å². The number of rotatable bonds is 32. The van der Waals surface area contributed by atoms with Crippen molar-refractivity contribution < 1.29 is 10.2 Å². The summed E-state index contributed by atoms with van der Waals surface area (Å²) in [5, 5.41) is 24.5. The van der Waals surface area contributed by atoms with Crippen LogP contribution in [0.15, 0.2) is 36.4 Å². The molecule has 0 N–H and O–H groups in total. The zero-order chi connectivity index (χ0) is 36.3. The molecule has 0 aliphatic rings. The molecule has 2 nitrogen and oxygen atoms in total. The van der Waals surface area contributed by atoms with Crippen molar-refractivity contribution in [1.82, 2.24) is 0 Å². The SMILES string of the molecule is CCCCCCCCCc1cccc([O-])c1CCCCCCCCC.CCCCCCCCCc1cccc([O-])c1CCCCCCCCC.[Ca+2]. The quantitative estimate of drug-likeness (QED) is 0.0556. The van der Waals surface area contributed by atoms with Gasteiger partial charge in [-0.15, -0.1) is 11.5 Å². The van der Waals surface area contributed by atoms with Gasteiger partial charge in [-0.05, 0) is 62.5 Å². The summed E-state index contributed by atoms with van der Waals surface area (Å²) in [4.78, 5) is 0. The Morgan fingerprint density at radius 1 is 0.314 bits per heavy atom. The second kappa shape index (κ2) is 37.6. The zero-order valence-corrected chi connectivity index (χ0v) is 36.8. The Morgan fingerprint density at radius 2 is 0.549 bits per heavy atom. The molecule has 2 aromatic rings. The molecule has 0 amide bonds. The molecule has 51 heavy (non-hydrogen) atoms. The summed E-state index contributed by atoms with van der Waals surface area (Å²) < 4.78 is 0. The first kappa shape index (κ1) is 50.3. The van der Waals surface area contributed by atoms with Gasteiger partial charge in [0, 0.05) is 0 Å². The molecule has 2 aromatic carbocycles. The molecular weight excluding hydrogens is 649 g/mol. The zero-order valence-electron chi connectivity index (χ0n) is 34.6. The molecule has 2 rings (SSSR count). The first-order chi connectivity index (χ1) is 24.6. The Morgan fingerprint density at radius 3 is 0.824 bits per heavy atom. The summed E-state index contributed by atoms with van der Waals surface area (Å²) in [6.45, 7) is 9.06. The number of benzene rings is 2. The number of hydrogen-bond donors (Lipinski definition) is 0. The molecule has 0 saturated carbocycles. The Balaban J connectivity index is 0.000000962. The maximum atomic E-state index is 12.3. The summed E-state index contributed by atoms with van der Waals surface area (Å²) in [6, 6.07) is 11.8. The van der Waals surface area contributed by atoms with Crippen molar-refractivity contribution in [2.75, 3.05) is 0 Å². The predicted molar refractivity (Wildman–Crippen MR) is 224 cm³/mol. The number of hydrogen-bond acceptors (Lipinski definition) is 2. The van der Waals surface area contributed by atoms with Crippen LogP contribution in [0.4, 0.5) is 0 Å². The monoisotopic (exact) mass is 731 g/mol. The predicted octanol–water partition coefficient (Wildman–Crippen LogP) is 14.3.